The van der Waals surface area contributed by atoms with Crippen LogP contribution in [0.4, 0.5) is 5.69 Å². The molecule has 2 N–H and O–H groups in total. The molecule has 0 amide bonds. The number of ether oxygens (including phenoxy) is 1. The van der Waals surface area contributed by atoms with Crippen molar-refractivity contribution in [2.45, 2.75) is 26.3 Å². The molecule has 0 bridgehead atoms. The number of nitrogen functional groups attached to an aromatic ring is 1. The number of hydrogen-bond acceptors (Lipinski definition) is 5. The maximum absolute atomic E-state index is 5.79. The van der Waals surface area contributed by atoms with Crippen molar-refractivity contribution in [3.63, 3.8) is 0 Å². The van der Waals surface area contributed by atoms with Crippen LogP contribution in [0.15, 0.2) is 18.2 Å². The Morgan fingerprint density at radius 2 is 2.35 bits per heavy atom. The predicted molar refractivity (Wildman–Crippen MR) is 75.9 cm³/mol. The third-order valence-corrected chi connectivity index (χ3v) is 3.71. The lowest BCUT2D eigenvalue weighted by atomic mass is 10.0. The number of nitrogens with two attached hydrogens (primary N) is 1. The van der Waals surface area contributed by atoms with Gasteiger partial charge in [0.1, 0.15) is 0 Å². The van der Waals surface area contributed by atoms with E-state index in [1.807, 2.05) is 29.8 Å². The monoisotopic (exact) mass is 273 g/mol. The van der Waals surface area contributed by atoms with Gasteiger partial charge in [0.25, 0.3) is 0 Å². The summed E-state index contributed by atoms with van der Waals surface area (Å²) in [5.41, 5.74) is 8.66. The Morgan fingerprint density at radius 3 is 3.10 bits per heavy atom. The Labute approximate surface area is 117 Å². The fraction of sp³-hybridized carbons (Fsp3) is 0.500. The summed E-state index contributed by atoms with van der Waals surface area (Å²) in [5.74, 6) is 1.29. The zero-order valence-corrected chi connectivity index (χ0v) is 11.6. The van der Waals surface area contributed by atoms with E-state index >= 15 is 0 Å². The summed E-state index contributed by atoms with van der Waals surface area (Å²) < 4.78 is 7.39. The third-order valence-electron chi connectivity index (χ3n) is 3.71. The normalized spacial score (nSPS) is 19.1. The average Bonchev–Trinajstić information content (AvgIpc) is 2.88. The number of aryl methyl sites for hydroxylation is 1. The molecule has 0 aliphatic carbocycles. The fourth-order valence-corrected chi connectivity index (χ4v) is 2.65. The van der Waals surface area contributed by atoms with Gasteiger partial charge in [-0.2, -0.15) is 0 Å². The highest BCUT2D eigenvalue weighted by molar-refractivity contribution is 5.63. The maximum Gasteiger partial charge on any atom is 0.182 e. The van der Waals surface area contributed by atoms with Gasteiger partial charge in [0.05, 0.1) is 13.2 Å². The SMILES string of the molecule is Cc1cc(N)ccc1-c1nnnn1CC1CCCOC1. The van der Waals surface area contributed by atoms with Gasteiger partial charge in [-0.05, 0) is 54.0 Å². The molecule has 1 unspecified atom stereocenters. The van der Waals surface area contributed by atoms with E-state index in [4.69, 9.17) is 10.5 Å². The van der Waals surface area contributed by atoms with Crippen LogP contribution >= 0.6 is 0 Å². The number of rotatable bonds is 3. The van der Waals surface area contributed by atoms with Gasteiger partial charge in [-0.1, -0.05) is 0 Å². The van der Waals surface area contributed by atoms with Gasteiger partial charge in [-0.3, -0.25) is 0 Å². The van der Waals surface area contributed by atoms with Crippen molar-refractivity contribution in [3.05, 3.63) is 23.8 Å². The Balaban J connectivity index is 1.85. The van der Waals surface area contributed by atoms with Gasteiger partial charge in [0.2, 0.25) is 0 Å². The van der Waals surface area contributed by atoms with Crippen LogP contribution in [-0.4, -0.2) is 33.4 Å². The van der Waals surface area contributed by atoms with Crippen molar-refractivity contribution in [1.82, 2.24) is 20.2 Å². The number of benzene rings is 1. The van der Waals surface area contributed by atoms with Crippen molar-refractivity contribution in [3.8, 4) is 11.4 Å². The average molecular weight is 273 g/mol. The highest BCUT2D eigenvalue weighted by Gasteiger charge is 2.18. The minimum absolute atomic E-state index is 0.486. The smallest absolute Gasteiger partial charge is 0.182 e. The predicted octanol–water partition coefficient (Wildman–Crippen LogP) is 1.66. The van der Waals surface area contributed by atoms with Gasteiger partial charge in [-0.25, -0.2) is 4.68 Å². The van der Waals surface area contributed by atoms with E-state index in [2.05, 4.69) is 15.5 Å². The first-order valence-electron chi connectivity index (χ1n) is 6.94. The first kappa shape index (κ1) is 13.1. The van der Waals surface area contributed by atoms with Crippen LogP contribution in [0.2, 0.25) is 0 Å². The van der Waals surface area contributed by atoms with Crippen molar-refractivity contribution in [2.24, 2.45) is 5.92 Å². The van der Waals surface area contributed by atoms with Crippen LogP contribution in [0, 0.1) is 12.8 Å². The van der Waals surface area contributed by atoms with Crippen LogP contribution in [-0.2, 0) is 11.3 Å². The van der Waals surface area contributed by atoms with Gasteiger partial charge >= 0.3 is 0 Å². The van der Waals surface area contributed by atoms with Crippen LogP contribution < -0.4 is 5.73 Å². The lowest BCUT2D eigenvalue weighted by Gasteiger charge is -2.22. The molecule has 0 radical (unpaired) electrons. The molecule has 1 atom stereocenters. The number of hydrogen-bond donors (Lipinski definition) is 1. The third kappa shape index (κ3) is 2.65. The van der Waals surface area contributed by atoms with E-state index in [0.717, 1.165) is 48.8 Å². The van der Waals surface area contributed by atoms with E-state index in [0.29, 0.717) is 5.92 Å². The van der Waals surface area contributed by atoms with E-state index in [1.54, 1.807) is 0 Å². The van der Waals surface area contributed by atoms with Crippen LogP contribution in [0.1, 0.15) is 18.4 Å². The lowest BCUT2D eigenvalue weighted by molar-refractivity contribution is 0.0470. The summed E-state index contributed by atoms with van der Waals surface area (Å²) in [7, 11) is 0. The molecule has 1 aromatic heterocycles. The molecular weight excluding hydrogens is 254 g/mol. The van der Waals surface area contributed by atoms with Crippen LogP contribution in [0.5, 0.6) is 0 Å². The molecule has 6 nitrogen and oxygen atoms in total. The standard InChI is InChI=1S/C14H19N5O/c1-10-7-12(15)4-5-13(10)14-16-17-18-19(14)8-11-3-2-6-20-9-11/h4-5,7,11H,2-3,6,8-9,15H2,1H3. The van der Waals surface area contributed by atoms with Crippen LogP contribution in [0.3, 0.4) is 0 Å². The molecule has 1 saturated heterocycles. The molecule has 0 spiro atoms. The molecule has 1 fully saturated rings. The van der Waals surface area contributed by atoms with E-state index in [9.17, 15) is 0 Å². The summed E-state index contributed by atoms with van der Waals surface area (Å²) in [5, 5.41) is 12.1. The zero-order chi connectivity index (χ0) is 13.9. The highest BCUT2D eigenvalue weighted by Crippen LogP contribution is 2.24. The van der Waals surface area contributed by atoms with Gasteiger partial charge in [0.15, 0.2) is 5.82 Å². The first-order valence-corrected chi connectivity index (χ1v) is 6.94. The second-order valence-corrected chi connectivity index (χ2v) is 5.34. The summed E-state index contributed by atoms with van der Waals surface area (Å²) in [6.07, 6.45) is 2.28. The number of tetrazole rings is 1. The van der Waals surface area contributed by atoms with Crippen LogP contribution in [0.25, 0.3) is 11.4 Å². The molecule has 106 valence electrons. The van der Waals surface area contributed by atoms with Crippen molar-refractivity contribution < 1.29 is 4.74 Å². The first-order chi connectivity index (χ1) is 9.74. The molecule has 1 aromatic carbocycles. The molecule has 6 heteroatoms. The summed E-state index contributed by atoms with van der Waals surface area (Å²) >= 11 is 0. The highest BCUT2D eigenvalue weighted by atomic mass is 16.5. The topological polar surface area (TPSA) is 78.9 Å². The Bertz CT molecular complexity index is 589. The quantitative estimate of drug-likeness (QED) is 0.860. The number of nitrogens with zero attached hydrogens (tertiary/aromatic N) is 4. The van der Waals surface area contributed by atoms with Crippen molar-refractivity contribution in [2.75, 3.05) is 18.9 Å². The minimum Gasteiger partial charge on any atom is -0.399 e. The fourth-order valence-electron chi connectivity index (χ4n) is 2.65. The molecule has 1 aliphatic rings. The molecule has 1 aliphatic heterocycles. The Kier molecular flexibility index (Phi) is 3.64. The summed E-state index contributed by atoms with van der Waals surface area (Å²) in [6.45, 7) is 4.48. The maximum atomic E-state index is 5.79. The van der Waals surface area contributed by atoms with Crippen molar-refractivity contribution in [1.29, 1.82) is 0 Å². The molecular formula is C14H19N5O. The zero-order valence-electron chi connectivity index (χ0n) is 11.6. The molecule has 3 rings (SSSR count). The largest absolute Gasteiger partial charge is 0.399 e. The van der Waals surface area contributed by atoms with E-state index in [-0.39, 0.29) is 0 Å². The lowest BCUT2D eigenvalue weighted by Crippen LogP contribution is -2.23. The summed E-state index contributed by atoms with van der Waals surface area (Å²) in [4.78, 5) is 0. The molecule has 0 saturated carbocycles. The summed E-state index contributed by atoms with van der Waals surface area (Å²) in [6, 6.07) is 5.80. The Hall–Kier alpha value is -1.95. The Morgan fingerprint density at radius 1 is 1.45 bits per heavy atom. The second-order valence-electron chi connectivity index (χ2n) is 5.34. The molecule has 2 aromatic rings. The van der Waals surface area contributed by atoms with Gasteiger partial charge in [-0.15, -0.1) is 5.10 Å². The van der Waals surface area contributed by atoms with E-state index in [1.165, 1.54) is 6.42 Å². The minimum atomic E-state index is 0.486. The van der Waals surface area contributed by atoms with Crippen molar-refractivity contribution >= 4 is 5.69 Å². The van der Waals surface area contributed by atoms with Gasteiger partial charge < -0.3 is 10.5 Å². The number of anilines is 1. The molecule has 20 heavy (non-hydrogen) atoms. The molecule has 2 heterocycles. The van der Waals surface area contributed by atoms with Gasteiger partial charge in [0, 0.05) is 23.8 Å². The van der Waals surface area contributed by atoms with E-state index < -0.39 is 0 Å². The number of aromatic nitrogens is 4. The second kappa shape index (κ2) is 5.58.